The minimum Gasteiger partial charge on any atom is -0.368 e. The van der Waals surface area contributed by atoms with Gasteiger partial charge in [0.05, 0.1) is 0 Å². The molecule has 9 heteroatoms. The molecule has 2 aromatic carbocycles. The van der Waals surface area contributed by atoms with E-state index in [2.05, 4.69) is 25.0 Å². The Kier molecular flexibility index (Phi) is 6.67. The van der Waals surface area contributed by atoms with Gasteiger partial charge in [-0.25, -0.2) is 13.9 Å². The van der Waals surface area contributed by atoms with Gasteiger partial charge in [-0.1, -0.05) is 23.7 Å². The molecule has 1 fully saturated rings. The van der Waals surface area contributed by atoms with Gasteiger partial charge >= 0.3 is 0 Å². The lowest BCUT2D eigenvalue weighted by Crippen LogP contribution is -2.45. The summed E-state index contributed by atoms with van der Waals surface area (Å²) in [5, 5.41) is 7.49. The van der Waals surface area contributed by atoms with Crippen molar-refractivity contribution in [3.8, 4) is 0 Å². The van der Waals surface area contributed by atoms with Crippen LogP contribution in [0.4, 0.5) is 20.7 Å². The van der Waals surface area contributed by atoms with Crippen LogP contribution in [0.25, 0.3) is 0 Å². The summed E-state index contributed by atoms with van der Waals surface area (Å²) < 4.78 is 28.1. The smallest absolute Gasteiger partial charge is 0.246 e. The molecular weight excluding hydrogens is 422 g/mol. The number of hydrogen-bond acceptors (Lipinski definition) is 5. The summed E-state index contributed by atoms with van der Waals surface area (Å²) in [5.74, 6) is 0.0840. The van der Waals surface area contributed by atoms with Gasteiger partial charge in [0.15, 0.2) is 0 Å². The van der Waals surface area contributed by atoms with Gasteiger partial charge in [-0.05, 0) is 55.2 Å². The molecule has 0 radical (unpaired) electrons. The summed E-state index contributed by atoms with van der Waals surface area (Å²) in [5.41, 5.74) is 7.17. The third kappa shape index (κ3) is 5.51. The molecule has 31 heavy (non-hydrogen) atoms. The van der Waals surface area contributed by atoms with Crippen LogP contribution < -0.4 is 10.6 Å². The molecule has 1 aromatic heterocycles. The molecule has 0 unspecified atom stereocenters. The maximum atomic E-state index is 14.3. The van der Waals surface area contributed by atoms with Gasteiger partial charge in [-0.3, -0.25) is 4.90 Å². The molecule has 3 aromatic rings. The molecule has 0 amide bonds. The Labute approximate surface area is 185 Å². The van der Waals surface area contributed by atoms with E-state index in [1.165, 1.54) is 12.1 Å². The number of H-pyrrole nitrogens is 1. The highest BCUT2D eigenvalue weighted by molar-refractivity contribution is 6.30. The van der Waals surface area contributed by atoms with Crippen molar-refractivity contribution < 1.29 is 8.78 Å². The van der Waals surface area contributed by atoms with E-state index in [1.54, 1.807) is 0 Å². The maximum absolute atomic E-state index is 14.3. The average Bonchev–Trinajstić information content (AvgIpc) is 3.21. The Morgan fingerprint density at radius 1 is 1.13 bits per heavy atom. The number of halogens is 3. The number of nitrogens with two attached hydrogens (primary N) is 1. The fraction of sp³-hybridized carbons (Fsp3) is 0.364. The molecule has 2 heterocycles. The lowest BCUT2D eigenvalue weighted by Gasteiger charge is -2.38. The number of aromatic amines is 1. The van der Waals surface area contributed by atoms with Crippen LogP contribution in [0.2, 0.25) is 5.02 Å². The molecule has 1 aliphatic rings. The molecule has 0 aliphatic carbocycles. The molecule has 0 bridgehead atoms. The van der Waals surface area contributed by atoms with E-state index in [4.69, 9.17) is 17.3 Å². The van der Waals surface area contributed by atoms with Crippen molar-refractivity contribution in [3.05, 3.63) is 70.2 Å². The highest BCUT2D eigenvalue weighted by Gasteiger charge is 2.27. The first-order valence-electron chi connectivity index (χ1n) is 10.3. The number of piperidine rings is 1. The van der Waals surface area contributed by atoms with Crippen molar-refractivity contribution in [1.82, 2.24) is 20.1 Å². The first-order valence-corrected chi connectivity index (χ1v) is 10.7. The fourth-order valence-corrected chi connectivity index (χ4v) is 4.16. The predicted octanol–water partition coefficient (Wildman–Crippen LogP) is 4.03. The van der Waals surface area contributed by atoms with Crippen LogP contribution in [0, 0.1) is 11.6 Å². The Morgan fingerprint density at radius 3 is 2.55 bits per heavy atom. The summed E-state index contributed by atoms with van der Waals surface area (Å²) >= 11 is 5.99. The Balaban J connectivity index is 1.46. The molecule has 0 spiro atoms. The third-order valence-corrected chi connectivity index (χ3v) is 5.99. The van der Waals surface area contributed by atoms with Gasteiger partial charge in [0.25, 0.3) is 0 Å². The zero-order chi connectivity index (χ0) is 21.8. The molecule has 0 atom stereocenters. The second-order valence-corrected chi connectivity index (χ2v) is 8.26. The second kappa shape index (κ2) is 9.62. The molecule has 1 aliphatic heterocycles. The summed E-state index contributed by atoms with van der Waals surface area (Å²) in [6.07, 6.45) is 2.53. The topological polar surface area (TPSA) is 74.1 Å². The fourth-order valence-electron chi connectivity index (χ4n) is 4.04. The summed E-state index contributed by atoms with van der Waals surface area (Å²) in [7, 11) is 0. The standard InChI is InChI=1S/C22H25ClF2N6/c23-17-3-1-15(2-4-17)7-10-31(14-16-13-18(24)5-6-20(16)25)19-8-11-30(12-9-19)22-27-21(26)28-29-22/h1-6,13,19H,7-12,14H2,(H3,26,27,28,29). The molecule has 6 nitrogen and oxygen atoms in total. The van der Waals surface area contributed by atoms with Crippen LogP contribution in [-0.4, -0.2) is 45.8 Å². The number of nitrogens with one attached hydrogen (secondary N) is 1. The highest BCUT2D eigenvalue weighted by atomic mass is 35.5. The first kappa shape index (κ1) is 21.5. The number of nitrogens with zero attached hydrogens (tertiary/aromatic N) is 4. The van der Waals surface area contributed by atoms with Crippen LogP contribution in [0.15, 0.2) is 42.5 Å². The van der Waals surface area contributed by atoms with Crippen molar-refractivity contribution >= 4 is 23.5 Å². The molecule has 164 valence electrons. The predicted molar refractivity (Wildman–Crippen MR) is 118 cm³/mol. The summed E-state index contributed by atoms with van der Waals surface area (Å²) in [6.45, 7) is 2.63. The number of nitrogen functional groups attached to an aromatic ring is 1. The highest BCUT2D eigenvalue weighted by Crippen LogP contribution is 2.23. The molecular formula is C22H25ClF2N6. The Bertz CT molecular complexity index is 1000. The lowest BCUT2D eigenvalue weighted by atomic mass is 10.0. The van der Waals surface area contributed by atoms with Crippen LogP contribution in [-0.2, 0) is 13.0 Å². The number of aromatic nitrogens is 3. The SMILES string of the molecule is Nc1nc(N2CCC(N(CCc3ccc(Cl)cc3)Cc3cc(F)ccc3F)CC2)n[nH]1. The van der Waals surface area contributed by atoms with Crippen molar-refractivity contribution in [2.24, 2.45) is 0 Å². The van der Waals surface area contributed by atoms with Crippen molar-refractivity contribution in [2.45, 2.75) is 31.8 Å². The zero-order valence-electron chi connectivity index (χ0n) is 17.1. The van der Waals surface area contributed by atoms with E-state index in [0.29, 0.717) is 29.0 Å². The van der Waals surface area contributed by atoms with Gasteiger partial charge in [0.2, 0.25) is 11.9 Å². The zero-order valence-corrected chi connectivity index (χ0v) is 17.8. The van der Waals surface area contributed by atoms with E-state index < -0.39 is 5.82 Å². The average molecular weight is 447 g/mol. The third-order valence-electron chi connectivity index (χ3n) is 5.74. The number of benzene rings is 2. The van der Waals surface area contributed by atoms with E-state index in [0.717, 1.165) is 50.5 Å². The van der Waals surface area contributed by atoms with Crippen molar-refractivity contribution in [1.29, 1.82) is 0 Å². The molecule has 1 saturated heterocycles. The number of rotatable bonds is 7. The minimum atomic E-state index is -0.425. The monoisotopic (exact) mass is 446 g/mol. The molecule has 3 N–H and O–H groups in total. The van der Waals surface area contributed by atoms with E-state index >= 15 is 0 Å². The summed E-state index contributed by atoms with van der Waals surface area (Å²) in [6, 6.07) is 11.6. The Hall–Kier alpha value is -2.71. The quantitative estimate of drug-likeness (QED) is 0.573. The van der Waals surface area contributed by atoms with Crippen molar-refractivity contribution in [3.63, 3.8) is 0 Å². The second-order valence-electron chi connectivity index (χ2n) is 7.82. The number of anilines is 2. The van der Waals surface area contributed by atoms with Crippen LogP contribution in [0.1, 0.15) is 24.0 Å². The van der Waals surface area contributed by atoms with Gasteiger partial charge < -0.3 is 10.6 Å². The summed E-state index contributed by atoms with van der Waals surface area (Å²) in [4.78, 5) is 8.53. The van der Waals surface area contributed by atoms with E-state index in [1.807, 2.05) is 24.3 Å². The van der Waals surface area contributed by atoms with Gasteiger partial charge in [0.1, 0.15) is 11.6 Å². The number of hydrogen-bond donors (Lipinski definition) is 2. The van der Waals surface area contributed by atoms with Gasteiger partial charge in [-0.2, -0.15) is 4.98 Å². The van der Waals surface area contributed by atoms with Crippen molar-refractivity contribution in [2.75, 3.05) is 30.3 Å². The van der Waals surface area contributed by atoms with Gasteiger partial charge in [0, 0.05) is 42.8 Å². The van der Waals surface area contributed by atoms with E-state index in [-0.39, 0.29) is 11.9 Å². The van der Waals surface area contributed by atoms with Crippen LogP contribution in [0.3, 0.4) is 0 Å². The lowest BCUT2D eigenvalue weighted by molar-refractivity contribution is 0.160. The molecule has 4 rings (SSSR count). The largest absolute Gasteiger partial charge is 0.368 e. The molecule has 0 saturated carbocycles. The van der Waals surface area contributed by atoms with Gasteiger partial charge in [-0.15, -0.1) is 5.10 Å². The Morgan fingerprint density at radius 2 is 1.87 bits per heavy atom. The normalized spacial score (nSPS) is 15.0. The van der Waals surface area contributed by atoms with Crippen LogP contribution in [0.5, 0.6) is 0 Å². The van der Waals surface area contributed by atoms with E-state index in [9.17, 15) is 8.78 Å². The maximum Gasteiger partial charge on any atom is 0.246 e. The van der Waals surface area contributed by atoms with Crippen LogP contribution >= 0.6 is 11.6 Å². The first-order chi connectivity index (χ1) is 15.0. The minimum absolute atomic E-state index is 0.238.